The lowest BCUT2D eigenvalue weighted by Gasteiger charge is -2.36. The van der Waals surface area contributed by atoms with Crippen LogP contribution in [0.2, 0.25) is 5.02 Å². The van der Waals surface area contributed by atoms with E-state index in [9.17, 15) is 8.42 Å². The highest BCUT2D eigenvalue weighted by atomic mass is 35.5. The molecule has 7 nitrogen and oxygen atoms in total. The number of morpholine rings is 1. The summed E-state index contributed by atoms with van der Waals surface area (Å²) in [4.78, 5) is 4.36. The SMILES string of the molecule is O=S(=O)(N1CCOCC1)N1CCC(Nc2ccnc3cc(Cl)ccc23)CC1. The van der Waals surface area contributed by atoms with Crippen molar-refractivity contribution in [3.63, 3.8) is 0 Å². The Hall–Kier alpha value is -1.45. The molecule has 0 saturated carbocycles. The molecule has 1 N–H and O–H groups in total. The van der Waals surface area contributed by atoms with Gasteiger partial charge in [0.1, 0.15) is 0 Å². The molecule has 27 heavy (non-hydrogen) atoms. The van der Waals surface area contributed by atoms with Crippen LogP contribution in [0.1, 0.15) is 12.8 Å². The van der Waals surface area contributed by atoms with Gasteiger partial charge in [-0.1, -0.05) is 11.6 Å². The predicted octanol–water partition coefficient (Wildman–Crippen LogP) is 2.34. The monoisotopic (exact) mass is 410 g/mol. The molecule has 2 saturated heterocycles. The van der Waals surface area contributed by atoms with Crippen molar-refractivity contribution in [1.82, 2.24) is 13.6 Å². The van der Waals surface area contributed by atoms with Crippen LogP contribution >= 0.6 is 11.6 Å². The lowest BCUT2D eigenvalue weighted by molar-refractivity contribution is 0.0697. The molecular formula is C18H23ClN4O3S. The Kier molecular flexibility index (Phi) is 5.52. The Labute approximate surface area is 164 Å². The van der Waals surface area contributed by atoms with Gasteiger partial charge in [-0.2, -0.15) is 17.0 Å². The van der Waals surface area contributed by atoms with Crippen molar-refractivity contribution in [2.45, 2.75) is 18.9 Å². The molecule has 0 radical (unpaired) electrons. The number of nitrogens with zero attached hydrogens (tertiary/aromatic N) is 3. The molecule has 146 valence electrons. The maximum Gasteiger partial charge on any atom is 0.282 e. The zero-order chi connectivity index (χ0) is 18.9. The van der Waals surface area contributed by atoms with Gasteiger partial charge in [0.15, 0.2) is 0 Å². The van der Waals surface area contributed by atoms with Crippen LogP contribution in [0.25, 0.3) is 10.9 Å². The van der Waals surface area contributed by atoms with Gasteiger partial charge in [0, 0.05) is 54.5 Å². The molecule has 2 aromatic rings. The van der Waals surface area contributed by atoms with E-state index in [0.717, 1.165) is 29.4 Å². The van der Waals surface area contributed by atoms with Gasteiger partial charge in [0.25, 0.3) is 10.2 Å². The number of ether oxygens (including phenoxy) is 1. The molecule has 0 unspecified atom stereocenters. The highest BCUT2D eigenvalue weighted by molar-refractivity contribution is 7.86. The van der Waals surface area contributed by atoms with Crippen molar-refractivity contribution in [3.05, 3.63) is 35.5 Å². The maximum atomic E-state index is 12.8. The summed E-state index contributed by atoms with van der Waals surface area (Å²) in [6.45, 7) is 2.85. The second-order valence-electron chi connectivity index (χ2n) is 6.86. The number of hydrogen-bond donors (Lipinski definition) is 1. The molecule has 1 aromatic carbocycles. The first-order valence-electron chi connectivity index (χ1n) is 9.18. The first kappa shape index (κ1) is 18.9. The third-order valence-corrected chi connectivity index (χ3v) is 7.41. The third-order valence-electron chi connectivity index (χ3n) is 5.14. The summed E-state index contributed by atoms with van der Waals surface area (Å²) in [6, 6.07) is 7.84. The average Bonchev–Trinajstić information content (AvgIpc) is 2.69. The summed E-state index contributed by atoms with van der Waals surface area (Å²) >= 11 is 6.05. The summed E-state index contributed by atoms with van der Waals surface area (Å²) in [5.41, 5.74) is 1.85. The number of nitrogens with one attached hydrogen (secondary N) is 1. The molecule has 9 heteroatoms. The number of halogens is 1. The van der Waals surface area contributed by atoms with Crippen LogP contribution in [-0.4, -0.2) is 67.4 Å². The van der Waals surface area contributed by atoms with Gasteiger partial charge in [-0.05, 0) is 37.1 Å². The lowest BCUT2D eigenvalue weighted by atomic mass is 10.1. The molecule has 0 spiro atoms. The Morgan fingerprint density at radius 2 is 1.78 bits per heavy atom. The van der Waals surface area contributed by atoms with Gasteiger partial charge in [0.2, 0.25) is 0 Å². The maximum absolute atomic E-state index is 12.8. The summed E-state index contributed by atoms with van der Waals surface area (Å²) in [5.74, 6) is 0. The highest BCUT2D eigenvalue weighted by Crippen LogP contribution is 2.27. The minimum absolute atomic E-state index is 0.224. The van der Waals surface area contributed by atoms with Gasteiger partial charge in [-0.25, -0.2) is 0 Å². The fourth-order valence-corrected chi connectivity index (χ4v) is 5.41. The number of anilines is 1. The molecule has 1 aromatic heterocycles. The van der Waals surface area contributed by atoms with E-state index in [1.165, 1.54) is 4.31 Å². The summed E-state index contributed by atoms with van der Waals surface area (Å²) in [5, 5.41) is 5.24. The molecule has 2 aliphatic rings. The van der Waals surface area contributed by atoms with Crippen LogP contribution in [0.15, 0.2) is 30.5 Å². The Bertz CT molecular complexity index is 910. The first-order valence-corrected chi connectivity index (χ1v) is 11.0. The number of rotatable bonds is 4. The summed E-state index contributed by atoms with van der Waals surface area (Å²) in [7, 11) is -3.39. The zero-order valence-electron chi connectivity index (χ0n) is 15.0. The van der Waals surface area contributed by atoms with E-state index in [4.69, 9.17) is 16.3 Å². The van der Waals surface area contributed by atoms with E-state index >= 15 is 0 Å². The minimum atomic E-state index is -3.39. The topological polar surface area (TPSA) is 74.8 Å². The Balaban J connectivity index is 1.41. The van der Waals surface area contributed by atoms with Crippen LogP contribution in [0, 0.1) is 0 Å². The molecule has 2 aliphatic heterocycles. The van der Waals surface area contributed by atoms with Crippen molar-refractivity contribution in [1.29, 1.82) is 0 Å². The Morgan fingerprint density at radius 3 is 2.52 bits per heavy atom. The molecule has 0 aliphatic carbocycles. The third kappa shape index (κ3) is 4.05. The first-order chi connectivity index (χ1) is 13.0. The molecule has 3 heterocycles. The van der Waals surface area contributed by atoms with Crippen molar-refractivity contribution in [2.24, 2.45) is 0 Å². The number of pyridine rings is 1. The van der Waals surface area contributed by atoms with Crippen LogP contribution < -0.4 is 5.32 Å². The molecule has 2 fully saturated rings. The predicted molar refractivity (Wildman–Crippen MR) is 106 cm³/mol. The average molecular weight is 411 g/mol. The van der Waals surface area contributed by atoms with Crippen LogP contribution in [-0.2, 0) is 14.9 Å². The molecule has 0 amide bonds. The van der Waals surface area contributed by atoms with E-state index < -0.39 is 10.2 Å². The van der Waals surface area contributed by atoms with Crippen molar-refractivity contribution < 1.29 is 13.2 Å². The van der Waals surface area contributed by atoms with Crippen LogP contribution in [0.5, 0.6) is 0 Å². The minimum Gasteiger partial charge on any atom is -0.382 e. The lowest BCUT2D eigenvalue weighted by Crippen LogP contribution is -2.51. The van der Waals surface area contributed by atoms with Gasteiger partial charge in [-0.3, -0.25) is 4.98 Å². The largest absolute Gasteiger partial charge is 0.382 e. The molecular weight excluding hydrogens is 388 g/mol. The summed E-state index contributed by atoms with van der Waals surface area (Å²) in [6.07, 6.45) is 3.29. The smallest absolute Gasteiger partial charge is 0.282 e. The fourth-order valence-electron chi connectivity index (χ4n) is 3.64. The number of fused-ring (bicyclic) bond motifs is 1. The number of hydrogen-bond acceptors (Lipinski definition) is 5. The van der Waals surface area contributed by atoms with Crippen LogP contribution in [0.3, 0.4) is 0 Å². The van der Waals surface area contributed by atoms with E-state index in [1.807, 2.05) is 24.3 Å². The Morgan fingerprint density at radius 1 is 1.07 bits per heavy atom. The van der Waals surface area contributed by atoms with Crippen molar-refractivity contribution in [3.8, 4) is 0 Å². The standard InChI is InChI=1S/C18H23ClN4O3S/c19-14-1-2-16-17(3-6-20-18(16)13-14)21-15-4-7-22(8-5-15)27(24,25)23-9-11-26-12-10-23/h1-3,6,13,15H,4-5,7-12H2,(H,20,21). The fraction of sp³-hybridized carbons (Fsp3) is 0.500. The molecule has 0 atom stereocenters. The molecule has 0 bridgehead atoms. The second-order valence-corrected chi connectivity index (χ2v) is 9.22. The normalized spacial score (nSPS) is 20.8. The van der Waals surface area contributed by atoms with E-state index in [1.54, 1.807) is 10.5 Å². The zero-order valence-corrected chi connectivity index (χ0v) is 16.5. The second kappa shape index (κ2) is 7.89. The van der Waals surface area contributed by atoms with E-state index in [2.05, 4.69) is 10.3 Å². The summed E-state index contributed by atoms with van der Waals surface area (Å²) < 4.78 is 33.9. The highest BCUT2D eigenvalue weighted by Gasteiger charge is 2.33. The van der Waals surface area contributed by atoms with Gasteiger partial charge < -0.3 is 10.1 Å². The van der Waals surface area contributed by atoms with E-state index in [-0.39, 0.29) is 6.04 Å². The van der Waals surface area contributed by atoms with Gasteiger partial charge in [0.05, 0.1) is 18.7 Å². The van der Waals surface area contributed by atoms with Gasteiger partial charge in [-0.15, -0.1) is 0 Å². The number of aromatic nitrogens is 1. The number of benzene rings is 1. The van der Waals surface area contributed by atoms with Crippen molar-refractivity contribution in [2.75, 3.05) is 44.7 Å². The van der Waals surface area contributed by atoms with Crippen LogP contribution in [0.4, 0.5) is 5.69 Å². The molecule has 4 rings (SSSR count). The van der Waals surface area contributed by atoms with E-state index in [0.29, 0.717) is 44.4 Å². The number of piperidine rings is 1. The quantitative estimate of drug-likeness (QED) is 0.837. The van der Waals surface area contributed by atoms with Gasteiger partial charge >= 0.3 is 0 Å². The van der Waals surface area contributed by atoms with Crippen molar-refractivity contribution >= 4 is 38.4 Å².